The summed E-state index contributed by atoms with van der Waals surface area (Å²) in [6.07, 6.45) is 3.98. The molecule has 0 radical (unpaired) electrons. The van der Waals surface area contributed by atoms with E-state index in [4.69, 9.17) is 10.5 Å². The van der Waals surface area contributed by atoms with Crippen LogP contribution in [0.5, 0.6) is 0 Å². The molecule has 0 unspecified atom stereocenters. The van der Waals surface area contributed by atoms with Crippen LogP contribution >= 0.6 is 0 Å². The summed E-state index contributed by atoms with van der Waals surface area (Å²) in [6, 6.07) is 8.68. The summed E-state index contributed by atoms with van der Waals surface area (Å²) < 4.78 is 5.21. The smallest absolute Gasteiger partial charge is 0.326 e. The lowest BCUT2D eigenvalue weighted by Crippen LogP contribution is -2.49. The van der Waals surface area contributed by atoms with Gasteiger partial charge in [0.25, 0.3) is 5.91 Å². The second-order valence-electron chi connectivity index (χ2n) is 8.34. The number of amides is 3. The number of carbonyl (C=O) groups is 3. The Morgan fingerprint density at radius 3 is 2.64 bits per heavy atom. The highest BCUT2D eigenvalue weighted by Gasteiger charge is 2.52. The van der Waals surface area contributed by atoms with Gasteiger partial charge in [-0.3, -0.25) is 14.5 Å². The van der Waals surface area contributed by atoms with Gasteiger partial charge >= 0.3 is 12.0 Å². The maximum Gasteiger partial charge on any atom is 0.326 e. The maximum atomic E-state index is 12.9. The summed E-state index contributed by atoms with van der Waals surface area (Å²) in [6.45, 7) is 1.38. The van der Waals surface area contributed by atoms with Gasteiger partial charge in [-0.2, -0.15) is 15.0 Å². The molecule has 2 aromatic rings. The van der Waals surface area contributed by atoms with Crippen LogP contribution in [0.2, 0.25) is 0 Å². The largest absolute Gasteiger partial charge is 0.456 e. The van der Waals surface area contributed by atoms with Crippen LogP contribution in [0.3, 0.4) is 0 Å². The van der Waals surface area contributed by atoms with E-state index in [0.29, 0.717) is 18.8 Å². The Bertz CT molecular complexity index is 1040. The minimum Gasteiger partial charge on any atom is -0.456 e. The van der Waals surface area contributed by atoms with Gasteiger partial charge in [-0.1, -0.05) is 31.5 Å². The molecule has 2 aliphatic rings. The van der Waals surface area contributed by atoms with Crippen molar-refractivity contribution >= 4 is 35.5 Å². The van der Waals surface area contributed by atoms with E-state index in [1.807, 2.05) is 30.3 Å². The molecule has 1 saturated carbocycles. The number of para-hydroxylation sites is 1. The molecule has 4 N–H and O–H groups in total. The topological polar surface area (TPSA) is 152 Å². The first-order valence-corrected chi connectivity index (χ1v) is 11.0. The summed E-state index contributed by atoms with van der Waals surface area (Å²) in [5.41, 5.74) is 5.60. The fourth-order valence-corrected chi connectivity index (χ4v) is 4.27. The second kappa shape index (κ2) is 9.39. The van der Waals surface area contributed by atoms with Gasteiger partial charge in [0, 0.05) is 5.69 Å². The van der Waals surface area contributed by atoms with Gasteiger partial charge < -0.3 is 21.1 Å². The van der Waals surface area contributed by atoms with E-state index in [9.17, 15) is 14.4 Å². The zero-order valence-corrected chi connectivity index (χ0v) is 18.4. The predicted octanol–water partition coefficient (Wildman–Crippen LogP) is 2.13. The lowest BCUT2D eigenvalue weighted by atomic mass is 9.75. The van der Waals surface area contributed by atoms with E-state index in [1.54, 1.807) is 0 Å². The highest BCUT2D eigenvalue weighted by atomic mass is 16.5. The van der Waals surface area contributed by atoms with Crippen LogP contribution in [0.1, 0.15) is 44.9 Å². The molecule has 1 aliphatic carbocycles. The number of nitrogens with two attached hydrogens (primary N) is 1. The van der Waals surface area contributed by atoms with Crippen LogP contribution in [0.15, 0.2) is 30.3 Å². The fourth-order valence-electron chi connectivity index (χ4n) is 4.27. The van der Waals surface area contributed by atoms with Crippen LogP contribution in [0.4, 0.5) is 22.4 Å². The molecule has 1 aliphatic heterocycles. The molecule has 1 aromatic heterocycles. The van der Waals surface area contributed by atoms with E-state index >= 15 is 0 Å². The normalized spacial score (nSPS) is 22.3. The van der Waals surface area contributed by atoms with E-state index in [0.717, 1.165) is 29.8 Å². The van der Waals surface area contributed by atoms with Crippen molar-refractivity contribution in [3.8, 4) is 0 Å². The van der Waals surface area contributed by atoms with Crippen LogP contribution < -0.4 is 16.4 Å². The lowest BCUT2D eigenvalue weighted by Gasteiger charge is -2.34. The van der Waals surface area contributed by atoms with Crippen molar-refractivity contribution < 1.29 is 19.1 Å². The molecular formula is C22H27N7O4. The third kappa shape index (κ3) is 5.02. The molecule has 174 valence electrons. The zero-order valence-electron chi connectivity index (χ0n) is 18.4. The molecule has 2 fully saturated rings. The first kappa shape index (κ1) is 22.4. The number of hydrogen-bond acceptors (Lipinski definition) is 9. The molecule has 1 spiro atoms. The number of benzene rings is 1. The number of esters is 1. The number of anilines is 3. The Hall–Kier alpha value is -3.76. The number of nitrogens with zero attached hydrogens (tertiary/aromatic N) is 4. The molecule has 11 heteroatoms. The summed E-state index contributed by atoms with van der Waals surface area (Å²) in [5.74, 6) is -0.229. The molecule has 1 aromatic carbocycles. The maximum absolute atomic E-state index is 12.9. The molecule has 33 heavy (non-hydrogen) atoms. The van der Waals surface area contributed by atoms with E-state index in [2.05, 4.69) is 32.5 Å². The molecule has 1 saturated heterocycles. The third-order valence-electron chi connectivity index (χ3n) is 6.16. The minimum atomic E-state index is -0.899. The number of rotatable bonds is 7. The minimum absolute atomic E-state index is 0.0341. The van der Waals surface area contributed by atoms with Gasteiger partial charge in [0.15, 0.2) is 12.4 Å². The fraction of sp³-hybridized carbons (Fsp3) is 0.455. The third-order valence-corrected chi connectivity index (χ3v) is 6.16. The van der Waals surface area contributed by atoms with Crippen molar-refractivity contribution in [2.75, 3.05) is 17.6 Å². The summed E-state index contributed by atoms with van der Waals surface area (Å²) in [4.78, 5) is 50.8. The molecule has 4 rings (SSSR count). The van der Waals surface area contributed by atoms with Gasteiger partial charge in [-0.15, -0.1) is 0 Å². The predicted molar refractivity (Wildman–Crippen MR) is 119 cm³/mol. The van der Waals surface area contributed by atoms with Gasteiger partial charge in [-0.05, 0) is 43.7 Å². The Morgan fingerprint density at radius 1 is 1.21 bits per heavy atom. The number of nitrogens with one attached hydrogen (secondary N) is 2. The van der Waals surface area contributed by atoms with E-state index in [-0.39, 0.29) is 30.2 Å². The second-order valence-corrected chi connectivity index (χ2v) is 8.34. The highest BCUT2D eigenvalue weighted by molar-refractivity contribution is 6.08. The van der Waals surface area contributed by atoms with Crippen LogP contribution in [0, 0.1) is 5.92 Å². The van der Waals surface area contributed by atoms with E-state index in [1.165, 1.54) is 0 Å². The summed E-state index contributed by atoms with van der Waals surface area (Å²) >= 11 is 0. The van der Waals surface area contributed by atoms with Crippen molar-refractivity contribution in [1.82, 2.24) is 25.2 Å². The Labute approximate surface area is 191 Å². The van der Waals surface area contributed by atoms with Gasteiger partial charge in [0.05, 0.1) is 0 Å². The average molecular weight is 454 g/mol. The van der Waals surface area contributed by atoms with Crippen molar-refractivity contribution in [3.05, 3.63) is 36.2 Å². The van der Waals surface area contributed by atoms with Gasteiger partial charge in [-0.25, -0.2) is 4.79 Å². The van der Waals surface area contributed by atoms with Gasteiger partial charge in [0.1, 0.15) is 12.1 Å². The number of aromatic nitrogens is 3. The number of hydrogen-bond donors (Lipinski definition) is 3. The quantitative estimate of drug-likeness (QED) is 0.423. The zero-order chi connectivity index (χ0) is 23.4. The highest BCUT2D eigenvalue weighted by Crippen LogP contribution is 2.37. The lowest BCUT2D eigenvalue weighted by molar-refractivity contribution is -0.149. The molecule has 0 atom stereocenters. The number of ether oxygens (including phenoxy) is 1. The molecule has 0 bridgehead atoms. The van der Waals surface area contributed by atoms with Crippen molar-refractivity contribution in [3.63, 3.8) is 0 Å². The molecule has 2 heterocycles. The molecule has 11 nitrogen and oxygen atoms in total. The Morgan fingerprint density at radius 2 is 1.94 bits per heavy atom. The Balaban J connectivity index is 1.34. The van der Waals surface area contributed by atoms with Crippen molar-refractivity contribution in [1.29, 1.82) is 0 Å². The van der Waals surface area contributed by atoms with Crippen molar-refractivity contribution in [2.45, 2.75) is 51.2 Å². The Kier molecular flexibility index (Phi) is 6.38. The standard InChI is InChI=1S/C22H27N7O4/c1-2-14-8-10-22(11-9-14)18(31)29(21(32)28-22)12-17(30)33-13-16-25-19(23)27-20(26-16)24-15-6-4-3-5-7-15/h3-7,14H,2,8-13H2,1H3,(H,28,32)(H3,23,24,25,26,27). The van der Waals surface area contributed by atoms with E-state index < -0.39 is 24.1 Å². The van der Waals surface area contributed by atoms with Gasteiger partial charge in [0.2, 0.25) is 11.9 Å². The number of urea groups is 1. The van der Waals surface area contributed by atoms with Crippen LogP contribution in [-0.2, 0) is 20.9 Å². The van der Waals surface area contributed by atoms with Crippen molar-refractivity contribution in [2.24, 2.45) is 5.92 Å². The number of nitrogen functional groups attached to an aromatic ring is 1. The first-order chi connectivity index (χ1) is 15.9. The van der Waals surface area contributed by atoms with Crippen LogP contribution in [-0.4, -0.2) is 49.8 Å². The monoisotopic (exact) mass is 453 g/mol. The molecule has 3 amide bonds. The molecular weight excluding hydrogens is 426 g/mol. The number of imide groups is 1. The average Bonchev–Trinajstić information content (AvgIpc) is 3.02. The van der Waals surface area contributed by atoms with Crippen LogP contribution in [0.25, 0.3) is 0 Å². The summed E-state index contributed by atoms with van der Waals surface area (Å²) in [5, 5.41) is 5.80. The number of carbonyl (C=O) groups excluding carboxylic acids is 3. The summed E-state index contributed by atoms with van der Waals surface area (Å²) in [7, 11) is 0. The first-order valence-electron chi connectivity index (χ1n) is 11.0. The SMILES string of the molecule is CCC1CCC2(CC1)NC(=O)N(CC(=O)OCc1nc(N)nc(Nc3ccccc3)n1)C2=O.